The van der Waals surface area contributed by atoms with Crippen molar-refractivity contribution >= 4 is 34.9 Å². The molecule has 36 heavy (non-hydrogen) atoms. The molecule has 9 nitrogen and oxygen atoms in total. The molecule has 0 radical (unpaired) electrons. The Labute approximate surface area is 217 Å². The highest BCUT2D eigenvalue weighted by molar-refractivity contribution is 6.24. The van der Waals surface area contributed by atoms with E-state index >= 15 is 0 Å². The zero-order valence-corrected chi connectivity index (χ0v) is 22.9. The Morgan fingerprint density at radius 1 is 1.11 bits per heavy atom. The van der Waals surface area contributed by atoms with Gasteiger partial charge in [0.1, 0.15) is 5.82 Å². The third kappa shape index (κ3) is 4.95. The van der Waals surface area contributed by atoms with Crippen LogP contribution in [-0.4, -0.2) is 51.3 Å². The zero-order chi connectivity index (χ0) is 26.6. The minimum Gasteiger partial charge on any atom is -0.383 e. The van der Waals surface area contributed by atoms with Crippen molar-refractivity contribution in [2.24, 2.45) is 29.1 Å². The van der Waals surface area contributed by atoms with Crippen molar-refractivity contribution in [3.63, 3.8) is 0 Å². The number of anilines is 2. The van der Waals surface area contributed by atoms with Crippen molar-refractivity contribution < 1.29 is 9.59 Å². The summed E-state index contributed by atoms with van der Waals surface area (Å²) in [5, 5.41) is 0. The molecular formula is C26H40ClN5O4. The van der Waals surface area contributed by atoms with Gasteiger partial charge in [-0.25, -0.2) is 4.79 Å². The molecule has 4 bridgehead atoms. The number of nitrogens with zero attached hydrogens (tertiary/aromatic N) is 3. The highest BCUT2D eigenvalue weighted by Crippen LogP contribution is 2.64. The summed E-state index contributed by atoms with van der Waals surface area (Å²) >= 11 is 6.94. The zero-order valence-electron chi connectivity index (χ0n) is 22.1. The summed E-state index contributed by atoms with van der Waals surface area (Å²) in [6.07, 6.45) is 5.41. The van der Waals surface area contributed by atoms with Crippen LogP contribution in [0.1, 0.15) is 66.2 Å². The average Bonchev–Trinajstić information content (AvgIpc) is 2.73. The number of aromatic nitrogens is 2. The first-order valence-electron chi connectivity index (χ1n) is 13.1. The van der Waals surface area contributed by atoms with Gasteiger partial charge >= 0.3 is 5.69 Å². The molecule has 3 N–H and O–H groups in total. The maximum Gasteiger partial charge on any atom is 0.330 e. The van der Waals surface area contributed by atoms with E-state index in [4.69, 9.17) is 17.3 Å². The molecular weight excluding hydrogens is 482 g/mol. The molecule has 4 fully saturated rings. The molecule has 4 aliphatic rings. The number of nitrogens with one attached hydrogen (secondary N) is 1. The van der Waals surface area contributed by atoms with Gasteiger partial charge in [0.15, 0.2) is 5.69 Å². The van der Waals surface area contributed by atoms with Crippen molar-refractivity contribution in [2.45, 2.75) is 77.6 Å². The molecule has 0 saturated heterocycles. The Balaban J connectivity index is 1.60. The van der Waals surface area contributed by atoms with Gasteiger partial charge in [0, 0.05) is 25.0 Å². The lowest BCUT2D eigenvalue weighted by Crippen LogP contribution is -2.59. The van der Waals surface area contributed by atoms with Crippen LogP contribution in [0.15, 0.2) is 9.59 Å². The first kappa shape index (κ1) is 26.8. The van der Waals surface area contributed by atoms with E-state index in [0.29, 0.717) is 24.8 Å². The molecule has 4 aliphatic carbocycles. The van der Waals surface area contributed by atoms with Crippen LogP contribution in [-0.2, 0) is 16.1 Å². The number of hydrogen-bond acceptors (Lipinski definition) is 5. The number of carbonyl (C=O) groups is 2. The fourth-order valence-electron chi connectivity index (χ4n) is 7.23. The first-order valence-corrected chi connectivity index (χ1v) is 13.5. The third-order valence-electron chi connectivity index (χ3n) is 8.04. The van der Waals surface area contributed by atoms with E-state index in [0.717, 1.165) is 32.1 Å². The summed E-state index contributed by atoms with van der Waals surface area (Å²) in [4.78, 5) is 57.5. The van der Waals surface area contributed by atoms with Crippen LogP contribution < -0.4 is 21.9 Å². The third-order valence-corrected chi connectivity index (χ3v) is 8.49. The van der Waals surface area contributed by atoms with Gasteiger partial charge in [-0.1, -0.05) is 27.7 Å². The molecule has 1 aromatic heterocycles. The van der Waals surface area contributed by atoms with Crippen molar-refractivity contribution in [3.05, 3.63) is 20.8 Å². The molecule has 1 aromatic rings. The molecule has 10 heteroatoms. The van der Waals surface area contributed by atoms with Gasteiger partial charge in [-0.2, -0.15) is 0 Å². The van der Waals surface area contributed by atoms with Crippen LogP contribution >= 0.6 is 11.6 Å². The summed E-state index contributed by atoms with van der Waals surface area (Å²) in [6.45, 7) is 8.08. The summed E-state index contributed by atoms with van der Waals surface area (Å²) in [5.74, 6) is 0.587. The van der Waals surface area contributed by atoms with E-state index in [2.05, 4.69) is 4.98 Å². The van der Waals surface area contributed by atoms with Gasteiger partial charge in [-0.05, 0) is 62.2 Å². The topological polar surface area (TPSA) is 121 Å². The van der Waals surface area contributed by atoms with E-state index < -0.39 is 22.6 Å². The summed E-state index contributed by atoms with van der Waals surface area (Å²) in [5.41, 5.74) is 4.46. The highest BCUT2D eigenvalue weighted by atomic mass is 35.5. The Kier molecular flexibility index (Phi) is 7.09. The second-order valence-electron chi connectivity index (χ2n) is 12.4. The van der Waals surface area contributed by atoms with Crippen LogP contribution in [0.3, 0.4) is 0 Å². The highest BCUT2D eigenvalue weighted by Gasteiger charge is 2.60. The van der Waals surface area contributed by atoms with E-state index in [1.165, 1.54) is 14.4 Å². The second-order valence-corrected chi connectivity index (χ2v) is 13.3. The van der Waals surface area contributed by atoms with Crippen LogP contribution in [0.5, 0.6) is 0 Å². The largest absolute Gasteiger partial charge is 0.383 e. The Bertz CT molecular complexity index is 1140. The van der Waals surface area contributed by atoms with E-state index in [1.807, 2.05) is 27.7 Å². The van der Waals surface area contributed by atoms with Crippen LogP contribution in [0, 0.1) is 29.1 Å². The molecule has 1 heterocycles. The van der Waals surface area contributed by atoms with Gasteiger partial charge in [0.25, 0.3) is 5.56 Å². The minimum atomic E-state index is -0.703. The summed E-state index contributed by atoms with van der Waals surface area (Å²) in [7, 11) is 1.65. The van der Waals surface area contributed by atoms with Crippen molar-refractivity contribution in [2.75, 3.05) is 30.8 Å². The van der Waals surface area contributed by atoms with Gasteiger partial charge in [0.05, 0.1) is 12.0 Å². The van der Waals surface area contributed by atoms with Gasteiger partial charge in [-0.15, -0.1) is 11.6 Å². The average molecular weight is 522 g/mol. The van der Waals surface area contributed by atoms with Gasteiger partial charge in [0.2, 0.25) is 11.8 Å². The molecule has 4 saturated carbocycles. The lowest BCUT2D eigenvalue weighted by Gasteiger charge is -2.59. The molecule has 0 aromatic carbocycles. The SMILES string of the molecule is CC(C)CN(C(=O)CN(C)C(=O)C12C[C@@H]3C[C@H](CC(Cl)(C3)C1)C2)c1c(N)n(CC(C)C)c(=O)[nH]c1=O. The molecule has 0 unspecified atom stereocenters. The fraction of sp³-hybridized carbons (Fsp3) is 0.769. The Morgan fingerprint density at radius 2 is 1.72 bits per heavy atom. The maximum atomic E-state index is 13.8. The fourth-order valence-corrected chi connectivity index (χ4v) is 7.93. The standard InChI is InChI=1S/C26H40ClN5O4/c1-15(2)11-31(20-21(28)32(12-16(3)4)24(36)29-22(20)34)19(33)13-30(5)23(35)25-7-17-6-18(8-25)10-26(27,9-17)14-25/h15-18H,6-14,28H2,1-5H3,(H,29,34,36)/t17-,18-,25?,26?/m0/s1. The van der Waals surface area contributed by atoms with Crippen molar-refractivity contribution in [1.29, 1.82) is 0 Å². The van der Waals surface area contributed by atoms with E-state index in [1.54, 1.807) is 7.05 Å². The molecule has 2 atom stereocenters. The van der Waals surface area contributed by atoms with Gasteiger partial charge < -0.3 is 15.5 Å². The number of amides is 2. The predicted octanol–water partition coefficient (Wildman–Crippen LogP) is 2.80. The normalized spacial score (nSPS) is 28.7. The number of H-pyrrole nitrogens is 1. The van der Waals surface area contributed by atoms with Crippen LogP contribution in [0.2, 0.25) is 0 Å². The van der Waals surface area contributed by atoms with Gasteiger partial charge in [-0.3, -0.25) is 23.9 Å². The molecule has 5 rings (SSSR count). The minimum absolute atomic E-state index is 0.0264. The molecule has 0 spiro atoms. The number of hydrogen-bond donors (Lipinski definition) is 2. The number of likely N-dealkylation sites (N-methyl/N-ethyl adjacent to an activating group) is 1. The Hall–Kier alpha value is -2.29. The number of halogens is 1. The number of alkyl halides is 1. The summed E-state index contributed by atoms with van der Waals surface area (Å²) in [6, 6.07) is 0. The summed E-state index contributed by atoms with van der Waals surface area (Å²) < 4.78 is 1.30. The first-order chi connectivity index (χ1) is 16.7. The number of aromatic amines is 1. The van der Waals surface area contributed by atoms with E-state index in [-0.39, 0.29) is 47.2 Å². The second kappa shape index (κ2) is 9.54. The quantitative estimate of drug-likeness (QED) is 0.509. The predicted molar refractivity (Wildman–Crippen MR) is 141 cm³/mol. The smallest absolute Gasteiger partial charge is 0.330 e. The molecule has 200 valence electrons. The number of nitrogens with two attached hydrogens (primary N) is 1. The number of nitrogen functional groups attached to an aromatic ring is 1. The van der Waals surface area contributed by atoms with Crippen LogP contribution in [0.25, 0.3) is 0 Å². The van der Waals surface area contributed by atoms with Crippen molar-refractivity contribution in [1.82, 2.24) is 14.5 Å². The lowest BCUT2D eigenvalue weighted by atomic mass is 9.49. The Morgan fingerprint density at radius 3 is 2.25 bits per heavy atom. The number of rotatable bonds is 8. The van der Waals surface area contributed by atoms with E-state index in [9.17, 15) is 19.2 Å². The molecule has 0 aliphatic heterocycles. The number of carbonyl (C=O) groups excluding carboxylic acids is 2. The van der Waals surface area contributed by atoms with Crippen LogP contribution in [0.4, 0.5) is 11.5 Å². The maximum absolute atomic E-state index is 13.8. The monoisotopic (exact) mass is 521 g/mol. The lowest BCUT2D eigenvalue weighted by molar-refractivity contribution is -0.155. The molecule has 2 amide bonds. The van der Waals surface area contributed by atoms with Crippen molar-refractivity contribution in [3.8, 4) is 0 Å².